The van der Waals surface area contributed by atoms with E-state index in [1.807, 2.05) is 0 Å². The zero-order chi connectivity index (χ0) is 16.2. The van der Waals surface area contributed by atoms with E-state index in [1.54, 1.807) is 0 Å². The molecule has 0 saturated carbocycles. The predicted molar refractivity (Wildman–Crippen MR) is 61.1 cm³/mol. The van der Waals surface area contributed by atoms with Crippen LogP contribution in [0.15, 0.2) is 6.20 Å². The molecule has 1 aromatic rings. The number of aromatic nitrogens is 1. The van der Waals surface area contributed by atoms with Crippen molar-refractivity contribution in [2.45, 2.75) is 25.9 Å². The summed E-state index contributed by atoms with van der Waals surface area (Å²) in [4.78, 5) is 14.8. The highest BCUT2D eigenvalue weighted by Gasteiger charge is 2.41. The molecule has 118 valence electrons. The van der Waals surface area contributed by atoms with E-state index in [-0.39, 0.29) is 6.61 Å². The van der Waals surface area contributed by atoms with Gasteiger partial charge in [-0.05, 0) is 6.92 Å². The van der Waals surface area contributed by atoms with Gasteiger partial charge in [0.05, 0.1) is 31.4 Å². The highest BCUT2D eigenvalue weighted by molar-refractivity contribution is 5.73. The second-order valence-electron chi connectivity index (χ2n) is 3.85. The molecule has 1 heterocycles. The number of rotatable bonds is 5. The minimum Gasteiger partial charge on any atom is -0.494 e. The molecule has 0 amide bonds. The number of methoxy groups -OCH3 is 1. The zero-order valence-electron chi connectivity index (χ0n) is 11.1. The molecule has 0 unspecified atom stereocenters. The third kappa shape index (κ3) is 4.02. The monoisotopic (exact) mass is 313 g/mol. The summed E-state index contributed by atoms with van der Waals surface area (Å²) < 4.78 is 73.4. The number of carbonyl (C=O) groups excluding carboxylic acids is 1. The fourth-order valence-corrected chi connectivity index (χ4v) is 1.70. The van der Waals surface area contributed by atoms with Gasteiger partial charge in [0.25, 0.3) is 6.43 Å². The Kier molecular flexibility index (Phi) is 5.45. The molecule has 0 aliphatic rings. The van der Waals surface area contributed by atoms with Crippen LogP contribution >= 0.6 is 0 Å². The van der Waals surface area contributed by atoms with Crippen LogP contribution in [-0.4, -0.2) is 24.7 Å². The summed E-state index contributed by atoms with van der Waals surface area (Å²) in [5, 5.41) is 0. The first-order valence-electron chi connectivity index (χ1n) is 5.79. The summed E-state index contributed by atoms with van der Waals surface area (Å²) >= 11 is 0. The highest BCUT2D eigenvalue weighted by Crippen LogP contribution is 2.43. The predicted octanol–water partition coefficient (Wildman–Crippen LogP) is 3.15. The molecular formula is C12H12F5NO3. The van der Waals surface area contributed by atoms with Crippen molar-refractivity contribution in [3.8, 4) is 5.75 Å². The molecule has 0 aliphatic carbocycles. The number of pyridine rings is 1. The van der Waals surface area contributed by atoms with Gasteiger partial charge in [-0.25, -0.2) is 8.78 Å². The van der Waals surface area contributed by atoms with Crippen LogP contribution in [0.4, 0.5) is 22.0 Å². The number of alkyl halides is 5. The number of esters is 1. The van der Waals surface area contributed by atoms with E-state index in [1.165, 1.54) is 6.92 Å². The summed E-state index contributed by atoms with van der Waals surface area (Å²) in [7, 11) is 0.885. The maximum absolute atomic E-state index is 13.0. The summed E-state index contributed by atoms with van der Waals surface area (Å²) in [6.07, 6.45) is -8.66. The van der Waals surface area contributed by atoms with Crippen molar-refractivity contribution in [3.05, 3.63) is 23.0 Å². The molecule has 0 radical (unpaired) electrons. The van der Waals surface area contributed by atoms with Gasteiger partial charge in [0, 0.05) is 6.20 Å². The van der Waals surface area contributed by atoms with Crippen LogP contribution in [0.2, 0.25) is 0 Å². The molecule has 0 atom stereocenters. The molecule has 0 N–H and O–H groups in total. The Hall–Kier alpha value is -1.93. The zero-order valence-corrected chi connectivity index (χ0v) is 11.1. The Bertz CT molecular complexity index is 516. The van der Waals surface area contributed by atoms with Crippen molar-refractivity contribution in [1.29, 1.82) is 0 Å². The summed E-state index contributed by atoms with van der Waals surface area (Å²) in [5.41, 5.74) is -3.34. The van der Waals surface area contributed by atoms with E-state index in [9.17, 15) is 26.7 Å². The Morgan fingerprint density at radius 3 is 2.43 bits per heavy atom. The average molecular weight is 313 g/mol. The Balaban J connectivity index is 3.39. The number of hydrogen-bond acceptors (Lipinski definition) is 4. The van der Waals surface area contributed by atoms with Crippen molar-refractivity contribution in [2.24, 2.45) is 0 Å². The molecule has 4 nitrogen and oxygen atoms in total. The maximum atomic E-state index is 13.0. The minimum atomic E-state index is -5.07. The van der Waals surface area contributed by atoms with Gasteiger partial charge in [-0.2, -0.15) is 13.2 Å². The SMILES string of the molecule is CCOC(=O)Cc1ncc(C(F)F)c(C(F)(F)F)c1OC. The molecule has 0 saturated heterocycles. The van der Waals surface area contributed by atoms with Gasteiger partial charge in [0.1, 0.15) is 5.56 Å². The average Bonchev–Trinajstić information content (AvgIpc) is 2.36. The number of halogens is 5. The normalized spacial score (nSPS) is 11.6. The van der Waals surface area contributed by atoms with Crippen molar-refractivity contribution < 1.29 is 36.2 Å². The number of hydrogen-bond donors (Lipinski definition) is 0. The third-order valence-electron chi connectivity index (χ3n) is 2.48. The lowest BCUT2D eigenvalue weighted by molar-refractivity contribution is -0.143. The van der Waals surface area contributed by atoms with Crippen LogP contribution in [0, 0.1) is 0 Å². The fraction of sp³-hybridized carbons (Fsp3) is 0.500. The van der Waals surface area contributed by atoms with E-state index >= 15 is 0 Å². The Labute approximate surface area is 116 Å². The lowest BCUT2D eigenvalue weighted by Crippen LogP contribution is -2.17. The molecule has 1 rings (SSSR count). The second kappa shape index (κ2) is 6.68. The number of carbonyl (C=O) groups is 1. The number of nitrogens with zero attached hydrogens (tertiary/aromatic N) is 1. The molecule has 0 bridgehead atoms. The topological polar surface area (TPSA) is 48.4 Å². The summed E-state index contributed by atoms with van der Waals surface area (Å²) in [6, 6.07) is 0. The molecule has 0 spiro atoms. The lowest BCUT2D eigenvalue weighted by Gasteiger charge is -2.18. The van der Waals surface area contributed by atoms with Gasteiger partial charge in [-0.3, -0.25) is 9.78 Å². The van der Waals surface area contributed by atoms with Gasteiger partial charge < -0.3 is 9.47 Å². The standard InChI is InChI=1S/C12H12F5NO3/c1-3-21-8(19)4-7-10(20-2)9(12(15,16)17)6(5-18-7)11(13)14/h5,11H,3-4H2,1-2H3. The first kappa shape index (κ1) is 17.1. The van der Waals surface area contributed by atoms with Gasteiger partial charge in [-0.1, -0.05) is 0 Å². The maximum Gasteiger partial charge on any atom is 0.420 e. The molecule has 9 heteroatoms. The molecule has 0 aliphatic heterocycles. The molecule has 1 aromatic heterocycles. The fourth-order valence-electron chi connectivity index (χ4n) is 1.70. The Morgan fingerprint density at radius 2 is 2.00 bits per heavy atom. The highest BCUT2D eigenvalue weighted by atomic mass is 19.4. The largest absolute Gasteiger partial charge is 0.494 e. The summed E-state index contributed by atoms with van der Waals surface area (Å²) in [6.45, 7) is 1.55. The van der Waals surface area contributed by atoms with E-state index in [0.717, 1.165) is 7.11 Å². The first-order chi connectivity index (χ1) is 9.72. The van der Waals surface area contributed by atoms with E-state index in [2.05, 4.69) is 14.5 Å². The molecule has 0 fully saturated rings. The van der Waals surface area contributed by atoms with Crippen LogP contribution in [-0.2, 0) is 22.1 Å². The van der Waals surface area contributed by atoms with Gasteiger partial charge in [0.15, 0.2) is 5.75 Å². The molecule has 21 heavy (non-hydrogen) atoms. The van der Waals surface area contributed by atoms with Gasteiger partial charge in [-0.15, -0.1) is 0 Å². The number of ether oxygens (including phenoxy) is 2. The van der Waals surface area contributed by atoms with Crippen LogP contribution < -0.4 is 4.74 Å². The minimum absolute atomic E-state index is 0.0302. The third-order valence-corrected chi connectivity index (χ3v) is 2.48. The lowest BCUT2D eigenvalue weighted by atomic mass is 10.1. The second-order valence-corrected chi connectivity index (χ2v) is 3.85. The van der Waals surface area contributed by atoms with Crippen molar-refractivity contribution >= 4 is 5.97 Å². The summed E-state index contributed by atoms with van der Waals surface area (Å²) in [5.74, 6) is -1.73. The van der Waals surface area contributed by atoms with E-state index in [0.29, 0.717) is 6.20 Å². The van der Waals surface area contributed by atoms with Crippen LogP contribution in [0.5, 0.6) is 5.75 Å². The van der Waals surface area contributed by atoms with Gasteiger partial charge >= 0.3 is 12.1 Å². The van der Waals surface area contributed by atoms with Crippen LogP contribution in [0.25, 0.3) is 0 Å². The quantitative estimate of drug-likeness (QED) is 0.619. The van der Waals surface area contributed by atoms with Crippen molar-refractivity contribution in [1.82, 2.24) is 4.98 Å². The van der Waals surface area contributed by atoms with Crippen molar-refractivity contribution in [3.63, 3.8) is 0 Å². The van der Waals surface area contributed by atoms with E-state index in [4.69, 9.17) is 0 Å². The molecule has 0 aromatic carbocycles. The Morgan fingerprint density at radius 1 is 1.38 bits per heavy atom. The first-order valence-corrected chi connectivity index (χ1v) is 5.79. The molecular weight excluding hydrogens is 301 g/mol. The van der Waals surface area contributed by atoms with Crippen molar-refractivity contribution in [2.75, 3.05) is 13.7 Å². The van der Waals surface area contributed by atoms with Crippen LogP contribution in [0.1, 0.15) is 30.2 Å². The van der Waals surface area contributed by atoms with Gasteiger partial charge in [0.2, 0.25) is 0 Å². The van der Waals surface area contributed by atoms with Crippen LogP contribution in [0.3, 0.4) is 0 Å². The smallest absolute Gasteiger partial charge is 0.420 e. The van der Waals surface area contributed by atoms with E-state index < -0.39 is 47.6 Å².